The van der Waals surface area contributed by atoms with Crippen molar-refractivity contribution in [3.63, 3.8) is 0 Å². The molecule has 0 aliphatic heterocycles. The topological polar surface area (TPSA) is 55.1 Å². The van der Waals surface area contributed by atoms with Gasteiger partial charge in [0.25, 0.3) is 0 Å². The molecule has 0 aliphatic carbocycles. The Bertz CT molecular complexity index is 1380. The van der Waals surface area contributed by atoms with Crippen molar-refractivity contribution in [1.29, 1.82) is 0 Å². The fraction of sp³-hybridized carbons (Fsp3) is 0.120. The van der Waals surface area contributed by atoms with Crippen LogP contribution in [-0.2, 0) is 11.2 Å². The second-order valence-electron chi connectivity index (χ2n) is 7.55. The molecule has 0 radical (unpaired) electrons. The molecule has 0 unspecified atom stereocenters. The molecule has 0 saturated carbocycles. The smallest absolute Gasteiger partial charge is 0.228 e. The molecule has 0 aliphatic rings. The summed E-state index contributed by atoms with van der Waals surface area (Å²) in [5.74, 6) is -0.0681. The van der Waals surface area contributed by atoms with Gasteiger partial charge in [-0.2, -0.15) is 0 Å². The largest absolute Gasteiger partial charge is 0.464 e. The summed E-state index contributed by atoms with van der Waals surface area (Å²) in [6.45, 7) is 4.11. The molecule has 5 rings (SSSR count). The van der Waals surface area contributed by atoms with Crippen LogP contribution in [0.25, 0.3) is 31.8 Å². The minimum absolute atomic E-state index is 0.0681. The molecule has 0 atom stereocenters. The van der Waals surface area contributed by atoms with Crippen molar-refractivity contribution in [3.8, 4) is 10.6 Å². The first-order chi connectivity index (χ1) is 14.5. The number of nitrogens with zero attached hydrogens (tertiary/aromatic N) is 1. The number of anilines is 1. The standard InChI is InChI=1S/C25H20N2O2S/c1-15-3-9-20-18(14-29-22(20)11-15)13-24(28)26-19-7-5-17(6-8-19)25-27-21-10-4-16(2)12-23(21)30-25/h3-12,14H,13H2,1-2H3,(H,26,28). The first-order valence-corrected chi connectivity index (χ1v) is 10.6. The van der Waals surface area contributed by atoms with Gasteiger partial charge in [0.15, 0.2) is 0 Å². The molecule has 2 aromatic heterocycles. The molecule has 5 aromatic rings. The van der Waals surface area contributed by atoms with E-state index in [-0.39, 0.29) is 12.3 Å². The van der Waals surface area contributed by atoms with Gasteiger partial charge in [0, 0.05) is 22.2 Å². The van der Waals surface area contributed by atoms with Crippen molar-refractivity contribution < 1.29 is 9.21 Å². The van der Waals surface area contributed by atoms with Gasteiger partial charge in [0.1, 0.15) is 10.6 Å². The van der Waals surface area contributed by atoms with E-state index in [1.54, 1.807) is 17.6 Å². The zero-order valence-corrected chi connectivity index (χ0v) is 17.5. The minimum atomic E-state index is -0.0681. The van der Waals surface area contributed by atoms with Crippen LogP contribution in [0.1, 0.15) is 16.7 Å². The predicted octanol–water partition coefficient (Wildman–Crippen LogP) is 6.51. The quantitative estimate of drug-likeness (QED) is 0.366. The summed E-state index contributed by atoms with van der Waals surface area (Å²) in [7, 11) is 0. The lowest BCUT2D eigenvalue weighted by Crippen LogP contribution is -2.14. The number of carbonyl (C=O) groups is 1. The lowest BCUT2D eigenvalue weighted by molar-refractivity contribution is -0.115. The molecule has 1 amide bonds. The Balaban J connectivity index is 1.30. The zero-order valence-electron chi connectivity index (χ0n) is 16.7. The van der Waals surface area contributed by atoms with Crippen LogP contribution >= 0.6 is 11.3 Å². The van der Waals surface area contributed by atoms with E-state index < -0.39 is 0 Å². The van der Waals surface area contributed by atoms with Gasteiger partial charge in [0.05, 0.1) is 22.9 Å². The van der Waals surface area contributed by atoms with Gasteiger partial charge in [0.2, 0.25) is 5.91 Å². The summed E-state index contributed by atoms with van der Waals surface area (Å²) in [5.41, 5.74) is 6.90. The average molecular weight is 413 g/mol. The van der Waals surface area contributed by atoms with Crippen molar-refractivity contribution in [2.24, 2.45) is 0 Å². The monoisotopic (exact) mass is 412 g/mol. The normalized spacial score (nSPS) is 11.3. The van der Waals surface area contributed by atoms with Gasteiger partial charge in [-0.15, -0.1) is 11.3 Å². The molecule has 0 fully saturated rings. The Kier molecular flexibility index (Phi) is 4.60. The first-order valence-electron chi connectivity index (χ1n) is 9.79. The van der Waals surface area contributed by atoms with Crippen LogP contribution in [0.2, 0.25) is 0 Å². The summed E-state index contributed by atoms with van der Waals surface area (Å²) in [6, 6.07) is 20.1. The fourth-order valence-electron chi connectivity index (χ4n) is 3.56. The summed E-state index contributed by atoms with van der Waals surface area (Å²) in [6.07, 6.45) is 1.94. The van der Waals surface area contributed by atoms with Gasteiger partial charge < -0.3 is 9.73 Å². The number of aromatic nitrogens is 1. The van der Waals surface area contributed by atoms with Crippen LogP contribution in [0.3, 0.4) is 0 Å². The van der Waals surface area contributed by atoms with Crippen molar-refractivity contribution >= 4 is 44.1 Å². The van der Waals surface area contributed by atoms with Gasteiger partial charge in [-0.05, 0) is 67.4 Å². The maximum atomic E-state index is 12.5. The molecular formula is C25H20N2O2S. The third-order valence-corrected chi connectivity index (χ3v) is 6.19. The highest BCUT2D eigenvalue weighted by Gasteiger charge is 2.12. The van der Waals surface area contributed by atoms with Gasteiger partial charge >= 0.3 is 0 Å². The van der Waals surface area contributed by atoms with E-state index in [0.717, 1.165) is 43.9 Å². The number of nitrogens with one attached hydrogen (secondary N) is 1. The molecule has 0 saturated heterocycles. The van der Waals surface area contributed by atoms with Gasteiger partial charge in [-0.1, -0.05) is 18.2 Å². The van der Waals surface area contributed by atoms with Crippen molar-refractivity contribution in [2.75, 3.05) is 5.32 Å². The number of amides is 1. The van der Waals surface area contributed by atoms with Crippen LogP contribution < -0.4 is 5.32 Å². The van der Waals surface area contributed by atoms with E-state index in [4.69, 9.17) is 9.40 Å². The number of thiazole rings is 1. The van der Waals surface area contributed by atoms with E-state index in [1.807, 2.05) is 49.4 Å². The number of aryl methyl sites for hydroxylation is 2. The summed E-state index contributed by atoms with van der Waals surface area (Å²) < 4.78 is 6.78. The fourth-order valence-corrected chi connectivity index (χ4v) is 4.63. The third kappa shape index (κ3) is 3.60. The molecule has 3 aromatic carbocycles. The molecule has 2 heterocycles. The first kappa shape index (κ1) is 18.6. The highest BCUT2D eigenvalue weighted by Crippen LogP contribution is 2.31. The second-order valence-corrected chi connectivity index (χ2v) is 8.58. The van der Waals surface area contributed by atoms with E-state index in [2.05, 4.69) is 30.4 Å². The van der Waals surface area contributed by atoms with Crippen LogP contribution in [0, 0.1) is 13.8 Å². The SMILES string of the molecule is Cc1ccc2c(CC(=O)Nc3ccc(-c4nc5ccc(C)cc5s4)cc3)coc2c1. The third-order valence-electron chi connectivity index (χ3n) is 5.12. The Morgan fingerprint density at radius 1 is 1.00 bits per heavy atom. The van der Waals surface area contributed by atoms with Gasteiger partial charge in [-0.25, -0.2) is 4.98 Å². The Morgan fingerprint density at radius 3 is 2.60 bits per heavy atom. The number of hydrogen-bond acceptors (Lipinski definition) is 4. The predicted molar refractivity (Wildman–Crippen MR) is 123 cm³/mol. The van der Waals surface area contributed by atoms with E-state index >= 15 is 0 Å². The van der Waals surface area contributed by atoms with Crippen LogP contribution in [0.4, 0.5) is 5.69 Å². The minimum Gasteiger partial charge on any atom is -0.464 e. The number of carbonyl (C=O) groups excluding carboxylic acids is 1. The molecule has 1 N–H and O–H groups in total. The van der Waals surface area contributed by atoms with E-state index in [0.29, 0.717) is 0 Å². The van der Waals surface area contributed by atoms with E-state index in [9.17, 15) is 4.79 Å². The molecular weight excluding hydrogens is 392 g/mol. The van der Waals surface area contributed by atoms with Crippen LogP contribution in [0.5, 0.6) is 0 Å². The summed E-state index contributed by atoms with van der Waals surface area (Å²) in [5, 5.41) is 4.94. The maximum Gasteiger partial charge on any atom is 0.228 e. The Morgan fingerprint density at radius 2 is 1.77 bits per heavy atom. The highest BCUT2D eigenvalue weighted by atomic mass is 32.1. The molecule has 148 valence electrons. The molecule has 30 heavy (non-hydrogen) atoms. The number of furan rings is 1. The lowest BCUT2D eigenvalue weighted by Gasteiger charge is -2.05. The molecule has 0 spiro atoms. The van der Waals surface area contributed by atoms with Crippen LogP contribution in [0.15, 0.2) is 71.3 Å². The zero-order chi connectivity index (χ0) is 20.7. The molecule has 0 bridgehead atoms. The average Bonchev–Trinajstić information content (AvgIpc) is 3.32. The highest BCUT2D eigenvalue weighted by molar-refractivity contribution is 7.21. The number of hydrogen-bond donors (Lipinski definition) is 1. The van der Waals surface area contributed by atoms with Gasteiger partial charge in [-0.3, -0.25) is 4.79 Å². The van der Waals surface area contributed by atoms with Crippen molar-refractivity contribution in [3.05, 3.63) is 83.6 Å². The van der Waals surface area contributed by atoms with Crippen LogP contribution in [-0.4, -0.2) is 10.9 Å². The lowest BCUT2D eigenvalue weighted by atomic mass is 10.1. The molecule has 5 heteroatoms. The molecule has 4 nitrogen and oxygen atoms in total. The number of rotatable bonds is 4. The second kappa shape index (κ2) is 7.43. The van der Waals surface area contributed by atoms with Crippen molar-refractivity contribution in [2.45, 2.75) is 20.3 Å². The Hall–Kier alpha value is -3.44. The number of benzene rings is 3. The summed E-state index contributed by atoms with van der Waals surface area (Å²) in [4.78, 5) is 17.3. The Labute approximate surface area is 178 Å². The maximum absolute atomic E-state index is 12.5. The van der Waals surface area contributed by atoms with Crippen molar-refractivity contribution in [1.82, 2.24) is 4.98 Å². The number of fused-ring (bicyclic) bond motifs is 2. The summed E-state index contributed by atoms with van der Waals surface area (Å²) >= 11 is 1.68. The van der Waals surface area contributed by atoms with E-state index in [1.165, 1.54) is 10.3 Å².